The molecule has 0 spiro atoms. The summed E-state index contributed by atoms with van der Waals surface area (Å²) in [6, 6.07) is 7.74. The summed E-state index contributed by atoms with van der Waals surface area (Å²) < 4.78 is 2.77. The average molecular weight is 335 g/mol. The Morgan fingerprint density at radius 2 is 2.20 bits per heavy atom. The number of likely N-dealkylation sites (N-methyl/N-ethyl adjacent to an activating group) is 1. The highest BCUT2D eigenvalue weighted by molar-refractivity contribution is 9.10. The number of nitrogens with one attached hydrogen (secondary N) is 1. The van der Waals surface area contributed by atoms with E-state index in [0.717, 1.165) is 28.8 Å². The first-order chi connectivity index (χ1) is 9.65. The van der Waals surface area contributed by atoms with Crippen molar-refractivity contribution in [3.8, 4) is 5.69 Å². The normalized spacial score (nSPS) is 18.6. The summed E-state index contributed by atoms with van der Waals surface area (Å²) in [7, 11) is 1.83. The van der Waals surface area contributed by atoms with Gasteiger partial charge in [-0.1, -0.05) is 12.1 Å². The molecule has 1 aromatic heterocycles. The Hall–Kier alpha value is -1.82. The minimum absolute atomic E-state index is 0.138. The monoisotopic (exact) mass is 334 g/mol. The van der Waals surface area contributed by atoms with Gasteiger partial charge in [0, 0.05) is 18.1 Å². The van der Waals surface area contributed by atoms with Crippen LogP contribution in [-0.2, 0) is 4.79 Å². The van der Waals surface area contributed by atoms with Crippen LogP contribution in [0.2, 0.25) is 0 Å². The van der Waals surface area contributed by atoms with Crippen LogP contribution in [0.4, 0.5) is 5.69 Å². The molecule has 0 aliphatic carbocycles. The first kappa shape index (κ1) is 13.2. The summed E-state index contributed by atoms with van der Waals surface area (Å²) in [5.41, 5.74) is 1.82. The Bertz CT molecular complexity index is 640. The Morgan fingerprint density at radius 3 is 2.90 bits per heavy atom. The van der Waals surface area contributed by atoms with E-state index < -0.39 is 0 Å². The van der Waals surface area contributed by atoms with Gasteiger partial charge in [-0.3, -0.25) is 4.79 Å². The molecule has 1 aliphatic heterocycles. The molecule has 1 saturated heterocycles. The van der Waals surface area contributed by atoms with Gasteiger partial charge in [0.05, 0.1) is 23.8 Å². The van der Waals surface area contributed by atoms with Crippen molar-refractivity contribution in [1.82, 2.24) is 14.7 Å². The predicted octanol–water partition coefficient (Wildman–Crippen LogP) is 2.28. The molecule has 5 nitrogen and oxygen atoms in total. The quantitative estimate of drug-likeness (QED) is 0.936. The highest BCUT2D eigenvalue weighted by atomic mass is 79.9. The Kier molecular flexibility index (Phi) is 3.48. The predicted molar refractivity (Wildman–Crippen MR) is 80.9 cm³/mol. The SMILES string of the molecule is CN1CC[C@H](Nc2cnn(-c3ccccc3Br)c2)C1=O. The maximum atomic E-state index is 11.9. The van der Waals surface area contributed by atoms with E-state index in [2.05, 4.69) is 26.3 Å². The largest absolute Gasteiger partial charge is 0.371 e. The summed E-state index contributed by atoms with van der Waals surface area (Å²) in [6.45, 7) is 0.800. The highest BCUT2D eigenvalue weighted by Gasteiger charge is 2.28. The molecule has 0 radical (unpaired) electrons. The van der Waals surface area contributed by atoms with Gasteiger partial charge in [0.2, 0.25) is 5.91 Å². The average Bonchev–Trinajstić information content (AvgIpc) is 3.02. The van der Waals surface area contributed by atoms with Crippen molar-refractivity contribution in [1.29, 1.82) is 0 Å². The Morgan fingerprint density at radius 1 is 1.40 bits per heavy atom. The van der Waals surface area contributed by atoms with Gasteiger partial charge in [-0.05, 0) is 34.5 Å². The number of nitrogens with zero attached hydrogens (tertiary/aromatic N) is 3. The van der Waals surface area contributed by atoms with Gasteiger partial charge in [0.25, 0.3) is 0 Å². The number of anilines is 1. The fraction of sp³-hybridized carbons (Fsp3) is 0.286. The van der Waals surface area contributed by atoms with Crippen molar-refractivity contribution in [3.63, 3.8) is 0 Å². The van der Waals surface area contributed by atoms with Crippen molar-refractivity contribution in [2.24, 2.45) is 0 Å². The lowest BCUT2D eigenvalue weighted by molar-refractivity contribution is -0.127. The number of amides is 1. The fourth-order valence-electron chi connectivity index (χ4n) is 2.32. The second-order valence-corrected chi connectivity index (χ2v) is 5.72. The standard InChI is InChI=1S/C14H15BrN4O/c1-18-7-6-12(14(18)20)17-10-8-16-19(9-10)13-5-3-2-4-11(13)15/h2-5,8-9,12,17H,6-7H2,1H3/t12-/m0/s1. The van der Waals surface area contributed by atoms with Crippen molar-refractivity contribution >= 4 is 27.5 Å². The molecule has 1 fully saturated rings. The maximum Gasteiger partial charge on any atom is 0.244 e. The molecule has 1 atom stereocenters. The number of carbonyl (C=O) groups excluding carboxylic acids is 1. The maximum absolute atomic E-state index is 11.9. The number of para-hydroxylation sites is 1. The second-order valence-electron chi connectivity index (χ2n) is 4.87. The Labute approximate surface area is 125 Å². The molecule has 20 heavy (non-hydrogen) atoms. The third kappa shape index (κ3) is 2.43. The van der Waals surface area contributed by atoms with E-state index in [9.17, 15) is 4.79 Å². The second kappa shape index (κ2) is 5.28. The van der Waals surface area contributed by atoms with E-state index in [1.54, 1.807) is 15.8 Å². The minimum Gasteiger partial charge on any atom is -0.371 e. The molecule has 0 unspecified atom stereocenters. The van der Waals surface area contributed by atoms with Crippen LogP contribution in [0.5, 0.6) is 0 Å². The third-order valence-corrected chi connectivity index (χ3v) is 4.12. The molecule has 2 heterocycles. The number of halogens is 1. The van der Waals surface area contributed by atoms with Crippen LogP contribution in [0.1, 0.15) is 6.42 Å². The minimum atomic E-state index is -0.142. The molecular formula is C14H15BrN4O. The molecule has 1 amide bonds. The van der Waals surface area contributed by atoms with Crippen molar-refractivity contribution in [3.05, 3.63) is 41.1 Å². The van der Waals surface area contributed by atoms with Crippen LogP contribution in [0.25, 0.3) is 5.69 Å². The number of carbonyl (C=O) groups is 1. The summed E-state index contributed by atoms with van der Waals surface area (Å²) in [4.78, 5) is 13.6. The van der Waals surface area contributed by atoms with E-state index in [-0.39, 0.29) is 11.9 Å². The molecule has 3 rings (SSSR count). The number of likely N-dealkylation sites (tertiary alicyclic amines) is 1. The van der Waals surface area contributed by atoms with Crippen molar-refractivity contribution in [2.75, 3.05) is 18.9 Å². The molecule has 6 heteroatoms. The third-order valence-electron chi connectivity index (χ3n) is 3.45. The van der Waals surface area contributed by atoms with E-state index in [1.165, 1.54) is 0 Å². The first-order valence-corrected chi connectivity index (χ1v) is 7.25. The zero-order valence-corrected chi connectivity index (χ0v) is 12.7. The smallest absolute Gasteiger partial charge is 0.244 e. The molecule has 0 saturated carbocycles. The van der Waals surface area contributed by atoms with E-state index in [1.807, 2.05) is 37.5 Å². The molecule has 1 aromatic carbocycles. The van der Waals surface area contributed by atoms with Crippen LogP contribution in [0, 0.1) is 0 Å². The summed E-state index contributed by atoms with van der Waals surface area (Å²) >= 11 is 3.51. The highest BCUT2D eigenvalue weighted by Crippen LogP contribution is 2.22. The lowest BCUT2D eigenvalue weighted by Gasteiger charge is -2.11. The van der Waals surface area contributed by atoms with Gasteiger partial charge in [0.1, 0.15) is 6.04 Å². The number of rotatable bonds is 3. The van der Waals surface area contributed by atoms with Gasteiger partial charge >= 0.3 is 0 Å². The molecule has 1 N–H and O–H groups in total. The van der Waals surface area contributed by atoms with Crippen LogP contribution < -0.4 is 5.32 Å². The lowest BCUT2D eigenvalue weighted by atomic mass is 10.2. The lowest BCUT2D eigenvalue weighted by Crippen LogP contribution is -2.30. The molecule has 104 valence electrons. The van der Waals surface area contributed by atoms with Crippen LogP contribution >= 0.6 is 15.9 Å². The summed E-state index contributed by atoms with van der Waals surface area (Å²) in [5.74, 6) is 0.138. The number of aromatic nitrogens is 2. The van der Waals surface area contributed by atoms with Crippen molar-refractivity contribution in [2.45, 2.75) is 12.5 Å². The number of hydrogen-bond acceptors (Lipinski definition) is 3. The van der Waals surface area contributed by atoms with Crippen LogP contribution in [0.15, 0.2) is 41.1 Å². The summed E-state index contributed by atoms with van der Waals surface area (Å²) in [5, 5.41) is 7.57. The topological polar surface area (TPSA) is 50.2 Å². The number of hydrogen-bond donors (Lipinski definition) is 1. The van der Waals surface area contributed by atoms with Gasteiger partial charge in [-0.15, -0.1) is 0 Å². The molecule has 2 aromatic rings. The molecular weight excluding hydrogens is 320 g/mol. The van der Waals surface area contributed by atoms with Gasteiger partial charge in [-0.25, -0.2) is 4.68 Å². The summed E-state index contributed by atoms with van der Waals surface area (Å²) in [6.07, 6.45) is 4.46. The Balaban J connectivity index is 1.78. The van der Waals surface area contributed by atoms with E-state index in [0.29, 0.717) is 0 Å². The van der Waals surface area contributed by atoms with Crippen LogP contribution in [-0.4, -0.2) is 40.2 Å². The van der Waals surface area contributed by atoms with Gasteiger partial charge < -0.3 is 10.2 Å². The van der Waals surface area contributed by atoms with Crippen molar-refractivity contribution < 1.29 is 4.79 Å². The fourth-order valence-corrected chi connectivity index (χ4v) is 2.79. The first-order valence-electron chi connectivity index (χ1n) is 6.46. The number of benzene rings is 1. The van der Waals surface area contributed by atoms with Gasteiger partial charge in [-0.2, -0.15) is 5.10 Å². The van der Waals surface area contributed by atoms with E-state index >= 15 is 0 Å². The zero-order chi connectivity index (χ0) is 14.1. The van der Waals surface area contributed by atoms with Crippen LogP contribution in [0.3, 0.4) is 0 Å². The molecule has 1 aliphatic rings. The molecule has 0 bridgehead atoms. The van der Waals surface area contributed by atoms with Gasteiger partial charge in [0.15, 0.2) is 0 Å². The van der Waals surface area contributed by atoms with E-state index in [4.69, 9.17) is 0 Å². The zero-order valence-electron chi connectivity index (χ0n) is 11.1.